The van der Waals surface area contributed by atoms with Crippen LogP contribution in [0, 0.1) is 0 Å². The first-order chi connectivity index (χ1) is 13.6. The fourth-order valence-corrected chi connectivity index (χ4v) is 4.24. The van der Waals surface area contributed by atoms with Crippen molar-refractivity contribution >= 4 is 33.2 Å². The molecule has 2 aromatic rings. The lowest BCUT2D eigenvalue weighted by molar-refractivity contribution is -0.122. The van der Waals surface area contributed by atoms with Crippen molar-refractivity contribution < 1.29 is 22.7 Å². The number of nitrogens with one attached hydrogen (secondary N) is 1. The van der Waals surface area contributed by atoms with Crippen LogP contribution in [0.4, 0.5) is 5.69 Å². The van der Waals surface area contributed by atoms with Crippen LogP contribution in [0.15, 0.2) is 42.5 Å². The first kappa shape index (κ1) is 22.8. The van der Waals surface area contributed by atoms with Gasteiger partial charge in [0, 0.05) is 5.02 Å². The number of sulfonamides is 1. The Labute approximate surface area is 176 Å². The van der Waals surface area contributed by atoms with Crippen LogP contribution in [0.1, 0.15) is 25.5 Å². The number of hydrogen-bond acceptors (Lipinski definition) is 5. The zero-order valence-corrected chi connectivity index (χ0v) is 18.5. The number of halogens is 1. The van der Waals surface area contributed by atoms with Crippen LogP contribution in [0.2, 0.25) is 5.02 Å². The molecule has 0 aliphatic heterocycles. The lowest BCUT2D eigenvalue weighted by atomic mass is 10.1. The quantitative estimate of drug-likeness (QED) is 0.680. The van der Waals surface area contributed by atoms with Crippen molar-refractivity contribution in [1.29, 1.82) is 0 Å². The molecular weight excluding hydrogens is 416 g/mol. The molecule has 1 N–H and O–H groups in total. The van der Waals surface area contributed by atoms with E-state index in [0.29, 0.717) is 22.2 Å². The highest BCUT2D eigenvalue weighted by atomic mass is 35.5. The summed E-state index contributed by atoms with van der Waals surface area (Å²) in [6, 6.07) is 10.3. The topological polar surface area (TPSA) is 84.9 Å². The molecule has 2 aromatic carbocycles. The molecule has 1 amide bonds. The Hall–Kier alpha value is -2.45. The summed E-state index contributed by atoms with van der Waals surface area (Å²) in [5, 5.41) is 3.32. The van der Waals surface area contributed by atoms with Crippen molar-refractivity contribution in [1.82, 2.24) is 5.32 Å². The number of anilines is 1. The molecule has 0 radical (unpaired) electrons. The standard InChI is InChI=1S/C20H25ClN2O5S/c1-13(15-6-11-18(27-3)19(12-15)28-4)22-20(24)14(2)23(29(5,25)26)17-9-7-16(21)8-10-17/h6-14H,1-5H3,(H,22,24)/t13-,14+/m0/s1. The van der Waals surface area contributed by atoms with E-state index in [1.54, 1.807) is 50.4 Å². The van der Waals surface area contributed by atoms with E-state index >= 15 is 0 Å². The van der Waals surface area contributed by atoms with Crippen LogP contribution in [-0.4, -0.2) is 40.8 Å². The molecule has 0 aromatic heterocycles. The van der Waals surface area contributed by atoms with E-state index in [4.69, 9.17) is 21.1 Å². The monoisotopic (exact) mass is 440 g/mol. The molecule has 0 saturated carbocycles. The van der Waals surface area contributed by atoms with Gasteiger partial charge in [0.15, 0.2) is 11.5 Å². The highest BCUT2D eigenvalue weighted by molar-refractivity contribution is 7.92. The Morgan fingerprint density at radius 2 is 1.62 bits per heavy atom. The maximum Gasteiger partial charge on any atom is 0.244 e. The van der Waals surface area contributed by atoms with Gasteiger partial charge in [-0.05, 0) is 55.8 Å². The summed E-state index contributed by atoms with van der Waals surface area (Å²) >= 11 is 5.89. The Morgan fingerprint density at radius 1 is 1.03 bits per heavy atom. The molecule has 29 heavy (non-hydrogen) atoms. The van der Waals surface area contributed by atoms with Gasteiger partial charge in [-0.2, -0.15) is 0 Å². The fourth-order valence-electron chi connectivity index (χ4n) is 2.94. The van der Waals surface area contributed by atoms with Crippen LogP contribution in [0.3, 0.4) is 0 Å². The predicted octanol–water partition coefficient (Wildman–Crippen LogP) is 3.39. The first-order valence-electron chi connectivity index (χ1n) is 8.85. The van der Waals surface area contributed by atoms with Gasteiger partial charge in [-0.3, -0.25) is 9.10 Å². The lowest BCUT2D eigenvalue weighted by Crippen LogP contribution is -2.48. The normalized spacial score (nSPS) is 13.3. The molecule has 7 nitrogen and oxygen atoms in total. The van der Waals surface area contributed by atoms with Crippen molar-refractivity contribution in [3.63, 3.8) is 0 Å². The molecule has 2 atom stereocenters. The minimum atomic E-state index is -3.70. The number of benzene rings is 2. The minimum Gasteiger partial charge on any atom is -0.493 e. The lowest BCUT2D eigenvalue weighted by Gasteiger charge is -2.29. The molecule has 0 unspecified atom stereocenters. The average Bonchev–Trinajstić information content (AvgIpc) is 2.67. The second kappa shape index (κ2) is 9.37. The van der Waals surface area contributed by atoms with Gasteiger partial charge < -0.3 is 14.8 Å². The molecule has 0 bridgehead atoms. The summed E-state index contributed by atoms with van der Waals surface area (Å²) in [6.07, 6.45) is 1.06. The fraction of sp³-hybridized carbons (Fsp3) is 0.350. The third-order valence-electron chi connectivity index (χ3n) is 4.44. The number of methoxy groups -OCH3 is 2. The van der Waals surface area contributed by atoms with Gasteiger partial charge in [0.05, 0.1) is 32.2 Å². The molecular formula is C20H25ClN2O5S. The van der Waals surface area contributed by atoms with E-state index in [1.807, 2.05) is 6.07 Å². The molecule has 0 fully saturated rings. The van der Waals surface area contributed by atoms with Crippen molar-refractivity contribution in [3.05, 3.63) is 53.1 Å². The number of rotatable bonds is 8. The number of hydrogen-bond donors (Lipinski definition) is 1. The highest BCUT2D eigenvalue weighted by Crippen LogP contribution is 2.30. The number of carbonyl (C=O) groups excluding carboxylic acids is 1. The smallest absolute Gasteiger partial charge is 0.244 e. The molecule has 0 heterocycles. The van der Waals surface area contributed by atoms with Crippen molar-refractivity contribution in [2.45, 2.75) is 25.9 Å². The van der Waals surface area contributed by atoms with E-state index in [0.717, 1.165) is 16.1 Å². The van der Waals surface area contributed by atoms with Crippen LogP contribution in [0.25, 0.3) is 0 Å². The molecule has 0 aliphatic carbocycles. The molecule has 2 rings (SSSR count). The molecule has 0 saturated heterocycles. The largest absolute Gasteiger partial charge is 0.493 e. The van der Waals surface area contributed by atoms with Gasteiger partial charge in [0.1, 0.15) is 6.04 Å². The van der Waals surface area contributed by atoms with Crippen LogP contribution in [0.5, 0.6) is 11.5 Å². The Morgan fingerprint density at radius 3 is 2.14 bits per heavy atom. The summed E-state index contributed by atoms with van der Waals surface area (Å²) in [7, 11) is -0.629. The van der Waals surface area contributed by atoms with E-state index in [-0.39, 0.29) is 6.04 Å². The van der Waals surface area contributed by atoms with Gasteiger partial charge in [0.2, 0.25) is 15.9 Å². The number of carbonyl (C=O) groups is 1. The van der Waals surface area contributed by atoms with Crippen LogP contribution >= 0.6 is 11.6 Å². The Bertz CT molecular complexity index is 963. The Kier molecular flexibility index (Phi) is 7.37. The van der Waals surface area contributed by atoms with Gasteiger partial charge in [-0.1, -0.05) is 17.7 Å². The summed E-state index contributed by atoms with van der Waals surface area (Å²) in [4.78, 5) is 12.8. The number of ether oxygens (including phenoxy) is 2. The second-order valence-corrected chi connectivity index (χ2v) is 8.85. The molecule has 9 heteroatoms. The minimum absolute atomic E-state index is 0.360. The SMILES string of the molecule is COc1ccc([C@H](C)NC(=O)[C@@H](C)N(c2ccc(Cl)cc2)S(C)(=O)=O)cc1OC. The highest BCUT2D eigenvalue weighted by Gasteiger charge is 2.30. The number of nitrogens with zero attached hydrogens (tertiary/aromatic N) is 1. The molecule has 0 aliphatic rings. The van der Waals surface area contributed by atoms with E-state index in [1.165, 1.54) is 14.0 Å². The van der Waals surface area contributed by atoms with Gasteiger partial charge in [-0.25, -0.2) is 8.42 Å². The Balaban J connectivity index is 2.24. The summed E-state index contributed by atoms with van der Waals surface area (Å²) in [5.74, 6) is 0.680. The third-order valence-corrected chi connectivity index (χ3v) is 5.93. The van der Waals surface area contributed by atoms with Gasteiger partial charge >= 0.3 is 0 Å². The summed E-state index contributed by atoms with van der Waals surface area (Å²) in [6.45, 7) is 3.34. The van der Waals surface area contributed by atoms with E-state index in [9.17, 15) is 13.2 Å². The second-order valence-electron chi connectivity index (χ2n) is 6.56. The van der Waals surface area contributed by atoms with Crippen LogP contribution in [-0.2, 0) is 14.8 Å². The van der Waals surface area contributed by atoms with E-state index < -0.39 is 22.0 Å². The zero-order chi connectivity index (χ0) is 21.8. The molecule has 158 valence electrons. The average molecular weight is 441 g/mol. The van der Waals surface area contributed by atoms with Crippen molar-refractivity contribution in [2.75, 3.05) is 24.8 Å². The molecule has 0 spiro atoms. The summed E-state index contributed by atoms with van der Waals surface area (Å²) in [5.41, 5.74) is 1.15. The maximum absolute atomic E-state index is 12.8. The van der Waals surface area contributed by atoms with Crippen molar-refractivity contribution in [2.24, 2.45) is 0 Å². The maximum atomic E-state index is 12.8. The van der Waals surface area contributed by atoms with Crippen molar-refractivity contribution in [3.8, 4) is 11.5 Å². The first-order valence-corrected chi connectivity index (χ1v) is 11.1. The van der Waals surface area contributed by atoms with Crippen LogP contribution < -0.4 is 19.1 Å². The van der Waals surface area contributed by atoms with Gasteiger partial charge in [-0.15, -0.1) is 0 Å². The third kappa shape index (κ3) is 5.55. The predicted molar refractivity (Wildman–Crippen MR) is 114 cm³/mol. The number of amides is 1. The zero-order valence-electron chi connectivity index (χ0n) is 17.0. The summed E-state index contributed by atoms with van der Waals surface area (Å²) < 4.78 is 36.3. The van der Waals surface area contributed by atoms with Gasteiger partial charge in [0.25, 0.3) is 0 Å². The van der Waals surface area contributed by atoms with E-state index in [2.05, 4.69) is 5.32 Å².